The van der Waals surface area contributed by atoms with Crippen LogP contribution in [0.3, 0.4) is 0 Å². The molecule has 1 fully saturated rings. The van der Waals surface area contributed by atoms with E-state index in [2.05, 4.69) is 29.0 Å². The summed E-state index contributed by atoms with van der Waals surface area (Å²) in [5.74, 6) is 0.0483. The molecule has 0 saturated carbocycles. The van der Waals surface area contributed by atoms with Crippen LogP contribution in [-0.2, 0) is 0 Å². The summed E-state index contributed by atoms with van der Waals surface area (Å²) in [5.41, 5.74) is 0.761. The van der Waals surface area contributed by atoms with E-state index in [9.17, 15) is 4.79 Å². The molecule has 1 aromatic heterocycles. The third-order valence-corrected chi connectivity index (χ3v) is 4.57. The van der Waals surface area contributed by atoms with Crippen molar-refractivity contribution >= 4 is 39.7 Å². The average Bonchev–Trinajstić information content (AvgIpc) is 2.85. The van der Waals surface area contributed by atoms with Crippen LogP contribution in [0.4, 0.5) is 0 Å². The lowest BCUT2D eigenvalue weighted by Gasteiger charge is -2.28. The minimum absolute atomic E-state index is 0. The van der Waals surface area contributed by atoms with Crippen LogP contribution in [0.15, 0.2) is 29.6 Å². The van der Waals surface area contributed by atoms with Crippen molar-refractivity contribution in [3.05, 3.63) is 35.2 Å². The molecular formula is C15H19ClN2OS. The number of piperidine rings is 1. The Labute approximate surface area is 129 Å². The molecule has 2 atom stereocenters. The van der Waals surface area contributed by atoms with E-state index < -0.39 is 0 Å². The molecule has 1 aromatic carbocycles. The predicted octanol–water partition coefficient (Wildman–Crippen LogP) is 3.19. The number of fused-ring (bicyclic) bond motifs is 1. The van der Waals surface area contributed by atoms with Gasteiger partial charge in [0.1, 0.15) is 0 Å². The van der Waals surface area contributed by atoms with Crippen molar-refractivity contribution in [1.82, 2.24) is 10.6 Å². The lowest BCUT2D eigenvalue weighted by Crippen LogP contribution is -2.46. The van der Waals surface area contributed by atoms with Crippen molar-refractivity contribution in [3.63, 3.8) is 0 Å². The number of carbonyl (C=O) groups excluding carboxylic acids is 1. The maximum absolute atomic E-state index is 12.3. The topological polar surface area (TPSA) is 41.1 Å². The van der Waals surface area contributed by atoms with Crippen molar-refractivity contribution < 1.29 is 4.79 Å². The second-order valence-electron chi connectivity index (χ2n) is 5.22. The molecular weight excluding hydrogens is 292 g/mol. The van der Waals surface area contributed by atoms with Gasteiger partial charge in [-0.1, -0.05) is 0 Å². The number of rotatable bonds is 2. The molecule has 5 heteroatoms. The van der Waals surface area contributed by atoms with Gasteiger partial charge in [-0.15, -0.1) is 23.7 Å². The molecule has 20 heavy (non-hydrogen) atoms. The fourth-order valence-corrected chi connectivity index (χ4v) is 3.41. The quantitative estimate of drug-likeness (QED) is 0.894. The third-order valence-electron chi connectivity index (χ3n) is 3.67. The van der Waals surface area contributed by atoms with Crippen LogP contribution in [0.25, 0.3) is 10.1 Å². The van der Waals surface area contributed by atoms with Crippen molar-refractivity contribution in [2.45, 2.75) is 31.8 Å². The largest absolute Gasteiger partial charge is 0.349 e. The number of hydrogen-bond donors (Lipinski definition) is 2. The standard InChI is InChI=1S/C15H18N2OS.ClH/c1-10-8-13(4-6-16-10)17-15(18)12-2-3-14-11(9-12)5-7-19-14;/h2-3,5,7,9-10,13,16H,4,6,8H2,1H3,(H,17,18);1H. The van der Waals surface area contributed by atoms with Crippen molar-refractivity contribution in [3.8, 4) is 0 Å². The number of amides is 1. The Bertz CT molecular complexity index is 598. The number of carbonyl (C=O) groups is 1. The predicted molar refractivity (Wildman–Crippen MR) is 87.0 cm³/mol. The van der Waals surface area contributed by atoms with Crippen molar-refractivity contribution in [1.29, 1.82) is 0 Å². The normalized spacial score (nSPS) is 22.2. The van der Waals surface area contributed by atoms with E-state index in [-0.39, 0.29) is 18.3 Å². The van der Waals surface area contributed by atoms with E-state index in [1.165, 1.54) is 4.70 Å². The monoisotopic (exact) mass is 310 g/mol. The molecule has 108 valence electrons. The van der Waals surface area contributed by atoms with Gasteiger partial charge in [-0.05, 0) is 61.3 Å². The average molecular weight is 311 g/mol. The first-order chi connectivity index (χ1) is 9.22. The number of thiophene rings is 1. The van der Waals surface area contributed by atoms with E-state index in [0.717, 1.165) is 30.3 Å². The minimum Gasteiger partial charge on any atom is -0.349 e. The number of nitrogens with one attached hydrogen (secondary N) is 2. The first-order valence-corrected chi connectivity index (χ1v) is 7.62. The maximum Gasteiger partial charge on any atom is 0.251 e. The zero-order valence-electron chi connectivity index (χ0n) is 11.4. The van der Waals surface area contributed by atoms with Gasteiger partial charge in [-0.25, -0.2) is 0 Å². The van der Waals surface area contributed by atoms with Gasteiger partial charge in [-0.3, -0.25) is 4.79 Å². The van der Waals surface area contributed by atoms with Crippen molar-refractivity contribution in [2.75, 3.05) is 6.54 Å². The Morgan fingerprint density at radius 1 is 1.40 bits per heavy atom. The summed E-state index contributed by atoms with van der Waals surface area (Å²) in [7, 11) is 0. The summed E-state index contributed by atoms with van der Waals surface area (Å²) < 4.78 is 1.23. The van der Waals surface area contributed by atoms with E-state index in [0.29, 0.717) is 12.1 Å². The summed E-state index contributed by atoms with van der Waals surface area (Å²) in [4.78, 5) is 12.3. The van der Waals surface area contributed by atoms with Crippen LogP contribution in [0, 0.1) is 0 Å². The van der Waals surface area contributed by atoms with Gasteiger partial charge in [0.25, 0.3) is 5.91 Å². The van der Waals surface area contributed by atoms with Gasteiger partial charge < -0.3 is 10.6 Å². The lowest BCUT2D eigenvalue weighted by molar-refractivity contribution is 0.0926. The molecule has 1 saturated heterocycles. The molecule has 3 nitrogen and oxygen atoms in total. The Kier molecular flexibility index (Phi) is 5.02. The Balaban J connectivity index is 0.00000147. The first kappa shape index (κ1) is 15.3. The van der Waals surface area contributed by atoms with Gasteiger partial charge in [0.05, 0.1) is 0 Å². The molecule has 2 heterocycles. The highest BCUT2D eigenvalue weighted by Crippen LogP contribution is 2.22. The summed E-state index contributed by atoms with van der Waals surface area (Å²) >= 11 is 1.70. The fourth-order valence-electron chi connectivity index (χ4n) is 2.64. The SMILES string of the molecule is CC1CC(NC(=O)c2ccc3sccc3c2)CCN1.Cl. The van der Waals surface area contributed by atoms with E-state index in [1.54, 1.807) is 11.3 Å². The molecule has 3 rings (SSSR count). The molecule has 0 aliphatic carbocycles. The molecule has 0 bridgehead atoms. The summed E-state index contributed by atoms with van der Waals surface area (Å²) in [5, 5.41) is 9.75. The van der Waals surface area contributed by atoms with Gasteiger partial charge in [0.15, 0.2) is 0 Å². The van der Waals surface area contributed by atoms with Crippen LogP contribution >= 0.6 is 23.7 Å². The molecule has 1 amide bonds. The van der Waals surface area contributed by atoms with Gasteiger partial charge in [-0.2, -0.15) is 0 Å². The van der Waals surface area contributed by atoms with Gasteiger partial charge >= 0.3 is 0 Å². The smallest absolute Gasteiger partial charge is 0.251 e. The van der Waals surface area contributed by atoms with Crippen LogP contribution in [-0.4, -0.2) is 24.5 Å². The summed E-state index contributed by atoms with van der Waals surface area (Å²) in [6.07, 6.45) is 2.02. The highest BCUT2D eigenvalue weighted by Gasteiger charge is 2.20. The Morgan fingerprint density at radius 3 is 3.05 bits per heavy atom. The molecule has 0 spiro atoms. The molecule has 2 N–H and O–H groups in total. The Hall–Kier alpha value is -1.10. The second kappa shape index (κ2) is 6.57. The van der Waals surface area contributed by atoms with Crippen LogP contribution in [0.2, 0.25) is 0 Å². The zero-order chi connectivity index (χ0) is 13.2. The van der Waals surface area contributed by atoms with Crippen LogP contribution < -0.4 is 10.6 Å². The van der Waals surface area contributed by atoms with E-state index in [4.69, 9.17) is 0 Å². The molecule has 1 aliphatic rings. The van der Waals surface area contributed by atoms with Crippen LogP contribution in [0.1, 0.15) is 30.1 Å². The molecule has 0 radical (unpaired) electrons. The summed E-state index contributed by atoms with van der Waals surface area (Å²) in [6, 6.07) is 8.76. The number of benzene rings is 1. The minimum atomic E-state index is 0. The maximum atomic E-state index is 12.3. The molecule has 2 unspecified atom stereocenters. The third kappa shape index (κ3) is 3.32. The highest BCUT2D eigenvalue weighted by molar-refractivity contribution is 7.17. The molecule has 2 aromatic rings. The van der Waals surface area contributed by atoms with Crippen LogP contribution in [0.5, 0.6) is 0 Å². The highest BCUT2D eigenvalue weighted by atomic mass is 35.5. The fraction of sp³-hybridized carbons (Fsp3) is 0.400. The van der Waals surface area contributed by atoms with E-state index in [1.807, 2.05) is 18.2 Å². The van der Waals surface area contributed by atoms with Gasteiger partial charge in [0.2, 0.25) is 0 Å². The number of halogens is 1. The lowest BCUT2D eigenvalue weighted by atomic mass is 10.00. The molecule has 1 aliphatic heterocycles. The van der Waals surface area contributed by atoms with Crippen molar-refractivity contribution in [2.24, 2.45) is 0 Å². The zero-order valence-corrected chi connectivity index (χ0v) is 13.0. The summed E-state index contributed by atoms with van der Waals surface area (Å²) in [6.45, 7) is 3.14. The first-order valence-electron chi connectivity index (χ1n) is 6.74. The Morgan fingerprint density at radius 2 is 2.25 bits per heavy atom. The van der Waals surface area contributed by atoms with Gasteiger partial charge in [0, 0.05) is 22.3 Å². The second-order valence-corrected chi connectivity index (χ2v) is 6.17. The number of hydrogen-bond acceptors (Lipinski definition) is 3. The van der Waals surface area contributed by atoms with E-state index >= 15 is 0 Å².